The van der Waals surface area contributed by atoms with Gasteiger partial charge in [-0.15, -0.1) is 0 Å². The van der Waals surface area contributed by atoms with Crippen LogP contribution in [0.3, 0.4) is 0 Å². The average molecular weight is 295 g/mol. The van der Waals surface area contributed by atoms with Gasteiger partial charge in [-0.2, -0.15) is 0 Å². The molecule has 0 fully saturated rings. The number of anilines is 1. The second-order valence-corrected chi connectivity index (χ2v) is 7.04. The molecule has 1 aromatic rings. The largest absolute Gasteiger partial charge is 0.325 e. The monoisotopic (exact) mass is 294 g/mol. The number of fused-ring (bicyclic) bond motifs is 1. The van der Waals surface area contributed by atoms with E-state index in [1.54, 1.807) is 0 Å². The lowest BCUT2D eigenvalue weighted by molar-refractivity contribution is -0.115. The second kappa shape index (κ2) is 5.74. The molecule has 0 saturated heterocycles. The Morgan fingerprint density at radius 2 is 2.10 bits per heavy atom. The van der Waals surface area contributed by atoms with E-state index < -0.39 is 0 Å². The maximum Gasteiger partial charge on any atom is 0.228 e. The van der Waals surface area contributed by atoms with Crippen molar-refractivity contribution in [1.82, 2.24) is 5.32 Å². The molecular weight excluding hydrogens is 272 g/mol. The molecule has 3 nitrogen and oxygen atoms in total. The topological polar surface area (TPSA) is 41.1 Å². The Morgan fingerprint density at radius 3 is 2.70 bits per heavy atom. The number of rotatable bonds is 4. The summed E-state index contributed by atoms with van der Waals surface area (Å²) in [7, 11) is 0. The highest BCUT2D eigenvalue weighted by molar-refractivity contribution is 6.32. The number of halogens is 1. The number of nitrogens with one attached hydrogen (secondary N) is 2. The van der Waals surface area contributed by atoms with Crippen LogP contribution >= 0.6 is 11.6 Å². The number of hydrogen-bond donors (Lipinski definition) is 2. The van der Waals surface area contributed by atoms with Gasteiger partial charge in [0.1, 0.15) is 0 Å². The molecule has 2 rings (SSSR count). The standard InChI is InChI=1S/C16H23ClN2O/c1-5-18-14(9-16(2,3)4)11-6-10-7-15(20)19-13(10)8-12(11)17/h6,8,14,18H,5,7,9H2,1-4H3,(H,19,20). The third kappa shape index (κ3) is 3.53. The summed E-state index contributed by atoms with van der Waals surface area (Å²) in [6.07, 6.45) is 1.45. The molecular formula is C16H23ClN2O. The molecule has 20 heavy (non-hydrogen) atoms. The summed E-state index contributed by atoms with van der Waals surface area (Å²) in [5.74, 6) is 0.0454. The van der Waals surface area contributed by atoms with Gasteiger partial charge in [0.15, 0.2) is 0 Å². The number of hydrogen-bond acceptors (Lipinski definition) is 2. The summed E-state index contributed by atoms with van der Waals surface area (Å²) in [4.78, 5) is 11.5. The Bertz CT molecular complexity index is 520. The number of carbonyl (C=O) groups excluding carboxylic acids is 1. The first kappa shape index (κ1) is 15.3. The van der Waals surface area contributed by atoms with Crippen LogP contribution in [0.15, 0.2) is 12.1 Å². The van der Waals surface area contributed by atoms with Gasteiger partial charge in [0.2, 0.25) is 5.91 Å². The molecule has 0 aromatic heterocycles. The van der Waals surface area contributed by atoms with Crippen LogP contribution in [-0.4, -0.2) is 12.5 Å². The van der Waals surface area contributed by atoms with Gasteiger partial charge in [-0.1, -0.05) is 45.4 Å². The van der Waals surface area contributed by atoms with Crippen LogP contribution in [0.4, 0.5) is 5.69 Å². The molecule has 1 amide bonds. The van der Waals surface area contributed by atoms with Crippen LogP contribution in [0, 0.1) is 5.41 Å². The van der Waals surface area contributed by atoms with E-state index in [9.17, 15) is 4.79 Å². The fourth-order valence-corrected chi connectivity index (χ4v) is 2.98. The third-order valence-corrected chi connectivity index (χ3v) is 3.82. The highest BCUT2D eigenvalue weighted by Crippen LogP contribution is 2.37. The van der Waals surface area contributed by atoms with E-state index in [1.165, 1.54) is 0 Å². The molecule has 1 heterocycles. The molecule has 0 saturated carbocycles. The van der Waals surface area contributed by atoms with Gasteiger partial charge in [0.25, 0.3) is 0 Å². The van der Waals surface area contributed by atoms with E-state index in [0.29, 0.717) is 6.42 Å². The van der Waals surface area contributed by atoms with E-state index >= 15 is 0 Å². The van der Waals surface area contributed by atoms with Gasteiger partial charge in [0.05, 0.1) is 6.42 Å². The molecule has 1 aromatic carbocycles. The lowest BCUT2D eigenvalue weighted by atomic mass is 9.85. The minimum absolute atomic E-state index is 0.0454. The molecule has 1 aliphatic heterocycles. The van der Waals surface area contributed by atoms with Gasteiger partial charge < -0.3 is 10.6 Å². The fourth-order valence-electron chi connectivity index (χ4n) is 2.69. The van der Waals surface area contributed by atoms with E-state index in [1.807, 2.05) is 6.07 Å². The minimum atomic E-state index is 0.0454. The molecule has 1 unspecified atom stereocenters. The van der Waals surface area contributed by atoms with Crippen molar-refractivity contribution in [3.05, 3.63) is 28.3 Å². The lowest BCUT2D eigenvalue weighted by Gasteiger charge is -2.28. The van der Waals surface area contributed by atoms with Crippen molar-refractivity contribution in [2.75, 3.05) is 11.9 Å². The Labute approximate surface area is 126 Å². The zero-order valence-corrected chi connectivity index (χ0v) is 13.4. The van der Waals surface area contributed by atoms with Gasteiger partial charge in [-0.25, -0.2) is 0 Å². The fraction of sp³-hybridized carbons (Fsp3) is 0.562. The molecule has 110 valence electrons. The highest BCUT2D eigenvalue weighted by Gasteiger charge is 2.25. The number of amides is 1. The van der Waals surface area contributed by atoms with Crippen molar-refractivity contribution in [3.63, 3.8) is 0 Å². The SMILES string of the molecule is CCNC(CC(C)(C)C)c1cc2c(cc1Cl)NC(=O)C2. The summed E-state index contributed by atoms with van der Waals surface area (Å²) in [6.45, 7) is 9.67. The molecule has 1 aliphatic rings. The smallest absolute Gasteiger partial charge is 0.228 e. The predicted octanol–water partition coefficient (Wildman–Crippen LogP) is 3.92. The van der Waals surface area contributed by atoms with E-state index in [0.717, 1.165) is 34.8 Å². The lowest BCUT2D eigenvalue weighted by Crippen LogP contribution is -2.26. The molecule has 0 aliphatic carbocycles. The van der Waals surface area contributed by atoms with E-state index in [2.05, 4.69) is 44.4 Å². The number of benzene rings is 1. The predicted molar refractivity (Wildman–Crippen MR) is 84.3 cm³/mol. The van der Waals surface area contributed by atoms with Crippen molar-refractivity contribution in [2.24, 2.45) is 5.41 Å². The zero-order valence-electron chi connectivity index (χ0n) is 12.6. The zero-order chi connectivity index (χ0) is 14.9. The Balaban J connectivity index is 2.34. The summed E-state index contributed by atoms with van der Waals surface area (Å²) in [5, 5.41) is 7.07. The van der Waals surface area contributed by atoms with Gasteiger partial charge in [0, 0.05) is 16.8 Å². The van der Waals surface area contributed by atoms with E-state index in [4.69, 9.17) is 11.6 Å². The summed E-state index contributed by atoms with van der Waals surface area (Å²) < 4.78 is 0. The highest BCUT2D eigenvalue weighted by atomic mass is 35.5. The van der Waals surface area contributed by atoms with Gasteiger partial charge in [-0.05, 0) is 35.6 Å². The van der Waals surface area contributed by atoms with Gasteiger partial charge >= 0.3 is 0 Å². The molecule has 1 atom stereocenters. The quantitative estimate of drug-likeness (QED) is 0.883. The van der Waals surface area contributed by atoms with Crippen molar-refractivity contribution >= 4 is 23.2 Å². The van der Waals surface area contributed by atoms with Crippen LogP contribution in [0.2, 0.25) is 5.02 Å². The van der Waals surface area contributed by atoms with Crippen LogP contribution in [0.1, 0.15) is 51.3 Å². The van der Waals surface area contributed by atoms with Crippen LogP contribution in [0.25, 0.3) is 0 Å². The molecule has 4 heteroatoms. The van der Waals surface area contributed by atoms with Crippen LogP contribution < -0.4 is 10.6 Å². The van der Waals surface area contributed by atoms with Crippen molar-refractivity contribution in [3.8, 4) is 0 Å². The van der Waals surface area contributed by atoms with Crippen LogP contribution in [-0.2, 0) is 11.2 Å². The Morgan fingerprint density at radius 1 is 1.40 bits per heavy atom. The van der Waals surface area contributed by atoms with Crippen molar-refractivity contribution in [1.29, 1.82) is 0 Å². The molecule has 0 radical (unpaired) electrons. The molecule has 0 spiro atoms. The normalized spacial score (nSPS) is 15.9. The maximum atomic E-state index is 11.5. The maximum absolute atomic E-state index is 11.5. The van der Waals surface area contributed by atoms with Crippen LogP contribution in [0.5, 0.6) is 0 Å². The third-order valence-electron chi connectivity index (χ3n) is 3.49. The van der Waals surface area contributed by atoms with Crippen molar-refractivity contribution in [2.45, 2.75) is 46.6 Å². The first-order valence-corrected chi connectivity index (χ1v) is 7.53. The van der Waals surface area contributed by atoms with E-state index in [-0.39, 0.29) is 17.4 Å². The first-order valence-electron chi connectivity index (χ1n) is 7.15. The molecule has 2 N–H and O–H groups in total. The van der Waals surface area contributed by atoms with Gasteiger partial charge in [-0.3, -0.25) is 4.79 Å². The summed E-state index contributed by atoms with van der Waals surface area (Å²) in [6, 6.07) is 4.17. The Hall–Kier alpha value is -1.06. The summed E-state index contributed by atoms with van der Waals surface area (Å²) in [5.41, 5.74) is 3.21. The second-order valence-electron chi connectivity index (χ2n) is 6.63. The number of carbonyl (C=O) groups is 1. The molecule has 0 bridgehead atoms. The van der Waals surface area contributed by atoms with Crippen molar-refractivity contribution < 1.29 is 4.79 Å². The Kier molecular flexibility index (Phi) is 4.40. The summed E-state index contributed by atoms with van der Waals surface area (Å²) >= 11 is 6.42. The first-order chi connectivity index (χ1) is 9.30. The minimum Gasteiger partial charge on any atom is -0.325 e. The average Bonchev–Trinajstić information content (AvgIpc) is 2.65.